The summed E-state index contributed by atoms with van der Waals surface area (Å²) >= 11 is 0. The second-order valence-corrected chi connectivity index (χ2v) is 7.79. The van der Waals surface area contributed by atoms with Gasteiger partial charge < -0.3 is 10.1 Å². The average Bonchev–Trinajstić information content (AvgIpc) is 2.73. The molecule has 27 heavy (non-hydrogen) atoms. The third kappa shape index (κ3) is 4.01. The molecule has 0 amide bonds. The highest BCUT2D eigenvalue weighted by Gasteiger charge is 2.25. The minimum absolute atomic E-state index is 0.352. The number of ether oxygens (including phenoxy) is 1. The quantitative estimate of drug-likeness (QED) is 0.583. The molecule has 1 aliphatic rings. The van der Waals surface area contributed by atoms with Crippen LogP contribution in [0.3, 0.4) is 0 Å². The van der Waals surface area contributed by atoms with Crippen LogP contribution < -0.4 is 10.1 Å². The Hall–Kier alpha value is -2.32. The Balaban J connectivity index is 1.48. The fourth-order valence-electron chi connectivity index (χ4n) is 4.61. The summed E-state index contributed by atoms with van der Waals surface area (Å²) in [5.41, 5.74) is 2.82. The second-order valence-electron chi connectivity index (χ2n) is 7.79. The first kappa shape index (κ1) is 18.1. The van der Waals surface area contributed by atoms with Crippen LogP contribution in [-0.4, -0.2) is 13.2 Å². The van der Waals surface area contributed by atoms with Gasteiger partial charge in [0.1, 0.15) is 5.75 Å². The van der Waals surface area contributed by atoms with Gasteiger partial charge in [0.05, 0.1) is 7.11 Å². The molecule has 1 fully saturated rings. The largest absolute Gasteiger partial charge is 0.497 e. The van der Waals surface area contributed by atoms with Crippen molar-refractivity contribution in [2.24, 2.45) is 0 Å². The molecule has 3 aromatic rings. The fraction of sp³-hybridized carbons (Fsp3) is 0.360. The zero-order valence-electron chi connectivity index (χ0n) is 16.3. The number of hydrogen-bond acceptors (Lipinski definition) is 2. The number of hydrogen-bond donors (Lipinski definition) is 1. The lowest BCUT2D eigenvalue weighted by atomic mass is 9.81. The third-order valence-corrected chi connectivity index (χ3v) is 6.01. The van der Waals surface area contributed by atoms with Crippen molar-refractivity contribution >= 4 is 10.8 Å². The molecule has 2 nitrogen and oxygen atoms in total. The van der Waals surface area contributed by atoms with Gasteiger partial charge in [-0.05, 0) is 66.1 Å². The number of rotatable bonds is 5. The number of benzene rings is 3. The SMILES string of the molecule is COc1cccc([C@@H]2CCC[C@@H](NC(C)c3cccc4ccccc34)C2)c1. The average molecular weight is 360 g/mol. The lowest BCUT2D eigenvalue weighted by Crippen LogP contribution is -2.35. The van der Waals surface area contributed by atoms with Gasteiger partial charge in [0.15, 0.2) is 0 Å². The van der Waals surface area contributed by atoms with Crippen LogP contribution >= 0.6 is 0 Å². The Morgan fingerprint density at radius 2 is 1.78 bits per heavy atom. The van der Waals surface area contributed by atoms with Gasteiger partial charge in [0.25, 0.3) is 0 Å². The van der Waals surface area contributed by atoms with Crippen molar-refractivity contribution in [2.45, 2.75) is 50.6 Å². The van der Waals surface area contributed by atoms with Crippen LogP contribution in [0.1, 0.15) is 55.7 Å². The van der Waals surface area contributed by atoms with E-state index < -0.39 is 0 Å². The van der Waals surface area contributed by atoms with Crippen LogP contribution in [0.15, 0.2) is 66.7 Å². The monoisotopic (exact) mass is 359 g/mol. The Morgan fingerprint density at radius 3 is 2.67 bits per heavy atom. The molecular weight excluding hydrogens is 330 g/mol. The van der Waals surface area contributed by atoms with Gasteiger partial charge in [-0.25, -0.2) is 0 Å². The summed E-state index contributed by atoms with van der Waals surface area (Å²) in [6.07, 6.45) is 5.01. The second kappa shape index (κ2) is 8.14. The molecule has 1 aliphatic carbocycles. The Labute approximate surface area is 162 Å². The topological polar surface area (TPSA) is 21.3 Å². The molecule has 0 spiro atoms. The minimum atomic E-state index is 0.352. The molecule has 2 heteroatoms. The number of methoxy groups -OCH3 is 1. The first-order chi connectivity index (χ1) is 13.2. The van der Waals surface area contributed by atoms with Crippen molar-refractivity contribution < 1.29 is 4.74 Å². The molecule has 1 saturated carbocycles. The summed E-state index contributed by atoms with van der Waals surface area (Å²) in [6, 6.07) is 24.9. The summed E-state index contributed by atoms with van der Waals surface area (Å²) in [4.78, 5) is 0. The Morgan fingerprint density at radius 1 is 0.963 bits per heavy atom. The van der Waals surface area contributed by atoms with Crippen molar-refractivity contribution in [1.29, 1.82) is 0 Å². The van der Waals surface area contributed by atoms with Gasteiger partial charge in [-0.2, -0.15) is 0 Å². The Bertz CT molecular complexity index is 898. The van der Waals surface area contributed by atoms with Gasteiger partial charge in [-0.15, -0.1) is 0 Å². The van der Waals surface area contributed by atoms with E-state index in [-0.39, 0.29) is 0 Å². The van der Waals surface area contributed by atoms with Crippen molar-refractivity contribution in [3.05, 3.63) is 77.9 Å². The van der Waals surface area contributed by atoms with E-state index in [0.29, 0.717) is 18.0 Å². The van der Waals surface area contributed by atoms with Crippen LogP contribution in [0.5, 0.6) is 5.75 Å². The molecule has 0 saturated heterocycles. The smallest absolute Gasteiger partial charge is 0.119 e. The molecule has 140 valence electrons. The highest BCUT2D eigenvalue weighted by atomic mass is 16.5. The van der Waals surface area contributed by atoms with Gasteiger partial charge in [0, 0.05) is 12.1 Å². The summed E-state index contributed by atoms with van der Waals surface area (Å²) in [5, 5.41) is 6.61. The van der Waals surface area contributed by atoms with Crippen molar-refractivity contribution in [3.63, 3.8) is 0 Å². The van der Waals surface area contributed by atoms with E-state index in [1.54, 1.807) is 7.11 Å². The molecule has 0 heterocycles. The molecule has 3 aromatic carbocycles. The fourth-order valence-corrected chi connectivity index (χ4v) is 4.61. The lowest BCUT2D eigenvalue weighted by molar-refractivity contribution is 0.318. The minimum Gasteiger partial charge on any atom is -0.497 e. The highest BCUT2D eigenvalue weighted by molar-refractivity contribution is 5.86. The van der Waals surface area contributed by atoms with Gasteiger partial charge in [-0.1, -0.05) is 61.0 Å². The van der Waals surface area contributed by atoms with E-state index in [2.05, 4.69) is 72.9 Å². The maximum Gasteiger partial charge on any atom is 0.119 e. The number of nitrogens with one attached hydrogen (secondary N) is 1. The summed E-state index contributed by atoms with van der Waals surface area (Å²) in [5.74, 6) is 1.58. The van der Waals surface area contributed by atoms with Gasteiger partial charge >= 0.3 is 0 Å². The molecule has 1 unspecified atom stereocenters. The maximum atomic E-state index is 5.42. The molecule has 0 aromatic heterocycles. The molecule has 4 rings (SSSR count). The molecule has 0 bridgehead atoms. The van der Waals surface area contributed by atoms with E-state index in [1.807, 2.05) is 6.07 Å². The molecule has 0 aliphatic heterocycles. The van der Waals surface area contributed by atoms with Crippen molar-refractivity contribution in [1.82, 2.24) is 5.32 Å². The zero-order chi connectivity index (χ0) is 18.6. The molecule has 1 N–H and O–H groups in total. The third-order valence-electron chi connectivity index (χ3n) is 6.01. The standard InChI is InChI=1S/C25H29NO/c1-18(24-15-7-9-19-8-3-4-14-25(19)24)26-22-12-5-10-20(16-22)21-11-6-13-23(17-21)27-2/h3-4,6-9,11,13-15,17-18,20,22,26H,5,10,12,16H2,1-2H3/t18?,20-,22-/m1/s1. The van der Waals surface area contributed by atoms with Gasteiger partial charge in [-0.3, -0.25) is 0 Å². The maximum absolute atomic E-state index is 5.42. The van der Waals surface area contributed by atoms with E-state index >= 15 is 0 Å². The van der Waals surface area contributed by atoms with E-state index in [4.69, 9.17) is 4.74 Å². The summed E-state index contributed by atoms with van der Waals surface area (Å²) in [6.45, 7) is 2.30. The van der Waals surface area contributed by atoms with Crippen LogP contribution in [0.25, 0.3) is 10.8 Å². The Kier molecular flexibility index (Phi) is 5.45. The predicted molar refractivity (Wildman–Crippen MR) is 113 cm³/mol. The van der Waals surface area contributed by atoms with E-state index in [1.165, 1.54) is 47.6 Å². The normalized spacial score (nSPS) is 21.1. The van der Waals surface area contributed by atoms with E-state index in [9.17, 15) is 0 Å². The van der Waals surface area contributed by atoms with Crippen molar-refractivity contribution in [3.8, 4) is 5.75 Å². The first-order valence-electron chi connectivity index (χ1n) is 10.1. The van der Waals surface area contributed by atoms with Crippen LogP contribution in [0.4, 0.5) is 0 Å². The number of fused-ring (bicyclic) bond motifs is 1. The van der Waals surface area contributed by atoms with Gasteiger partial charge in [0.2, 0.25) is 0 Å². The first-order valence-corrected chi connectivity index (χ1v) is 10.1. The predicted octanol–water partition coefficient (Wildman–Crippen LogP) is 6.23. The zero-order valence-corrected chi connectivity index (χ0v) is 16.3. The van der Waals surface area contributed by atoms with Crippen LogP contribution in [0, 0.1) is 0 Å². The summed E-state index contributed by atoms with van der Waals surface area (Å²) in [7, 11) is 1.75. The van der Waals surface area contributed by atoms with Crippen molar-refractivity contribution in [2.75, 3.05) is 7.11 Å². The molecule has 0 radical (unpaired) electrons. The lowest BCUT2D eigenvalue weighted by Gasteiger charge is -2.32. The highest BCUT2D eigenvalue weighted by Crippen LogP contribution is 2.35. The van der Waals surface area contributed by atoms with E-state index in [0.717, 1.165) is 5.75 Å². The summed E-state index contributed by atoms with van der Waals surface area (Å²) < 4.78 is 5.42. The van der Waals surface area contributed by atoms with Crippen LogP contribution in [-0.2, 0) is 0 Å². The van der Waals surface area contributed by atoms with Crippen LogP contribution in [0.2, 0.25) is 0 Å². The molecule has 3 atom stereocenters. The molecular formula is C25H29NO.